The largest absolute Gasteiger partial charge is 0.493 e. The average Bonchev–Trinajstić information content (AvgIpc) is 2.83. The van der Waals surface area contributed by atoms with Crippen molar-refractivity contribution in [2.24, 2.45) is 5.73 Å². The summed E-state index contributed by atoms with van der Waals surface area (Å²) in [7, 11) is 1.54. The SMILES string of the molecule is CCOC(=O)C(C)(C)NC(=O)Cc1ccc(Cl)cc1Nc1ncnc2cc(OC)c(OCCN)cc12. The van der Waals surface area contributed by atoms with Crippen molar-refractivity contribution in [3.05, 3.63) is 47.2 Å². The number of carbonyl (C=O) groups excluding carboxylic acids is 2. The van der Waals surface area contributed by atoms with E-state index in [0.29, 0.717) is 57.6 Å². The zero-order chi connectivity index (χ0) is 26.3. The Bertz CT molecular complexity index is 1250. The first-order valence-corrected chi connectivity index (χ1v) is 11.8. The number of anilines is 2. The maximum atomic E-state index is 12.8. The fourth-order valence-electron chi connectivity index (χ4n) is 3.48. The molecule has 0 atom stereocenters. The van der Waals surface area contributed by atoms with Crippen LogP contribution >= 0.6 is 11.6 Å². The van der Waals surface area contributed by atoms with Crippen LogP contribution in [0.2, 0.25) is 5.02 Å². The number of carbonyl (C=O) groups is 2. The van der Waals surface area contributed by atoms with Crippen molar-refractivity contribution in [1.29, 1.82) is 0 Å². The number of hydrogen-bond acceptors (Lipinski definition) is 9. The van der Waals surface area contributed by atoms with E-state index in [4.69, 9.17) is 31.5 Å². The normalized spacial score (nSPS) is 11.2. The van der Waals surface area contributed by atoms with Crippen LogP contribution in [0.5, 0.6) is 11.5 Å². The lowest BCUT2D eigenvalue weighted by atomic mass is 10.0. The number of amides is 1. The molecule has 0 spiro atoms. The maximum Gasteiger partial charge on any atom is 0.331 e. The number of rotatable bonds is 11. The summed E-state index contributed by atoms with van der Waals surface area (Å²) >= 11 is 6.26. The number of fused-ring (bicyclic) bond motifs is 1. The smallest absolute Gasteiger partial charge is 0.331 e. The third-order valence-corrected chi connectivity index (χ3v) is 5.44. The van der Waals surface area contributed by atoms with Gasteiger partial charge in [0.05, 0.1) is 25.7 Å². The predicted molar refractivity (Wildman–Crippen MR) is 138 cm³/mol. The van der Waals surface area contributed by atoms with E-state index in [0.717, 1.165) is 0 Å². The summed E-state index contributed by atoms with van der Waals surface area (Å²) in [5.41, 5.74) is 6.26. The molecule has 4 N–H and O–H groups in total. The summed E-state index contributed by atoms with van der Waals surface area (Å²) in [6, 6.07) is 8.64. The molecule has 0 saturated heterocycles. The molecule has 1 aromatic heterocycles. The summed E-state index contributed by atoms with van der Waals surface area (Å²) in [6.07, 6.45) is 1.41. The summed E-state index contributed by atoms with van der Waals surface area (Å²) < 4.78 is 16.2. The van der Waals surface area contributed by atoms with E-state index in [1.165, 1.54) is 6.33 Å². The first-order valence-electron chi connectivity index (χ1n) is 11.4. The molecule has 2 aromatic carbocycles. The Hall–Kier alpha value is -3.63. The van der Waals surface area contributed by atoms with Crippen LogP contribution in [0, 0.1) is 0 Å². The van der Waals surface area contributed by atoms with E-state index >= 15 is 0 Å². The number of benzene rings is 2. The van der Waals surface area contributed by atoms with Crippen LogP contribution in [0.15, 0.2) is 36.7 Å². The van der Waals surface area contributed by atoms with Crippen molar-refractivity contribution in [1.82, 2.24) is 15.3 Å². The number of hydrogen-bond donors (Lipinski definition) is 3. The Morgan fingerprint density at radius 2 is 1.92 bits per heavy atom. The third-order valence-electron chi connectivity index (χ3n) is 5.21. The summed E-state index contributed by atoms with van der Waals surface area (Å²) in [5, 5.41) is 7.13. The second-order valence-electron chi connectivity index (χ2n) is 8.38. The lowest BCUT2D eigenvalue weighted by Crippen LogP contribution is -2.51. The lowest BCUT2D eigenvalue weighted by Gasteiger charge is -2.24. The molecule has 0 saturated carbocycles. The van der Waals surface area contributed by atoms with Gasteiger partial charge in [0.1, 0.15) is 24.3 Å². The minimum atomic E-state index is -1.17. The monoisotopic (exact) mass is 515 g/mol. The Morgan fingerprint density at radius 3 is 2.61 bits per heavy atom. The zero-order valence-corrected chi connectivity index (χ0v) is 21.4. The van der Waals surface area contributed by atoms with Gasteiger partial charge in [0.2, 0.25) is 5.91 Å². The van der Waals surface area contributed by atoms with E-state index in [-0.39, 0.29) is 18.9 Å². The molecule has 3 rings (SSSR count). The zero-order valence-electron chi connectivity index (χ0n) is 20.7. The Labute approximate surface area is 214 Å². The number of methoxy groups -OCH3 is 1. The van der Waals surface area contributed by atoms with E-state index in [1.54, 1.807) is 58.2 Å². The van der Waals surface area contributed by atoms with Gasteiger partial charge < -0.3 is 30.6 Å². The van der Waals surface area contributed by atoms with Crippen LogP contribution in [-0.2, 0) is 20.7 Å². The van der Waals surface area contributed by atoms with Gasteiger partial charge in [-0.25, -0.2) is 14.8 Å². The Morgan fingerprint density at radius 1 is 1.14 bits per heavy atom. The number of aromatic nitrogens is 2. The summed E-state index contributed by atoms with van der Waals surface area (Å²) in [4.78, 5) is 33.7. The second-order valence-corrected chi connectivity index (χ2v) is 8.81. The first kappa shape index (κ1) is 27.0. The van der Waals surface area contributed by atoms with Gasteiger partial charge in [0.25, 0.3) is 0 Å². The molecule has 0 fully saturated rings. The van der Waals surface area contributed by atoms with Gasteiger partial charge in [-0.1, -0.05) is 17.7 Å². The van der Waals surface area contributed by atoms with Gasteiger partial charge in [-0.15, -0.1) is 0 Å². The number of ether oxygens (including phenoxy) is 3. The molecule has 36 heavy (non-hydrogen) atoms. The van der Waals surface area contributed by atoms with Gasteiger partial charge in [0.15, 0.2) is 11.5 Å². The summed E-state index contributed by atoms with van der Waals surface area (Å²) in [6.45, 7) is 5.78. The number of halogens is 1. The highest BCUT2D eigenvalue weighted by Gasteiger charge is 2.31. The van der Waals surface area contributed by atoms with Crippen molar-refractivity contribution in [2.45, 2.75) is 32.7 Å². The van der Waals surface area contributed by atoms with Crippen molar-refractivity contribution < 1.29 is 23.8 Å². The minimum absolute atomic E-state index is 0.00988. The molecule has 192 valence electrons. The molecule has 0 unspecified atom stereocenters. The Kier molecular flexibility index (Phi) is 8.89. The molecule has 3 aromatic rings. The van der Waals surface area contributed by atoms with E-state index in [9.17, 15) is 9.59 Å². The van der Waals surface area contributed by atoms with Gasteiger partial charge in [-0.05, 0) is 44.5 Å². The molecule has 1 amide bonds. The molecule has 0 radical (unpaired) electrons. The average molecular weight is 516 g/mol. The quantitative estimate of drug-likeness (QED) is 0.328. The van der Waals surface area contributed by atoms with Gasteiger partial charge in [-0.2, -0.15) is 0 Å². The van der Waals surface area contributed by atoms with Crippen LogP contribution in [0.3, 0.4) is 0 Å². The number of nitrogens with zero attached hydrogens (tertiary/aromatic N) is 2. The molecular formula is C25H30ClN5O5. The van der Waals surface area contributed by atoms with E-state index < -0.39 is 11.5 Å². The summed E-state index contributed by atoms with van der Waals surface area (Å²) in [5.74, 6) is 0.637. The molecule has 0 bridgehead atoms. The van der Waals surface area contributed by atoms with Crippen molar-refractivity contribution in [3.63, 3.8) is 0 Å². The maximum absolute atomic E-state index is 12.8. The number of nitrogens with one attached hydrogen (secondary N) is 2. The van der Waals surface area contributed by atoms with Gasteiger partial charge >= 0.3 is 5.97 Å². The highest BCUT2D eigenvalue weighted by Crippen LogP contribution is 2.35. The third kappa shape index (κ3) is 6.52. The van der Waals surface area contributed by atoms with Crippen LogP contribution in [0.25, 0.3) is 10.9 Å². The van der Waals surface area contributed by atoms with Crippen LogP contribution in [0.1, 0.15) is 26.3 Å². The number of esters is 1. The fraction of sp³-hybridized carbons (Fsp3) is 0.360. The predicted octanol–water partition coefficient (Wildman–Crippen LogP) is 3.37. The van der Waals surface area contributed by atoms with Crippen LogP contribution in [0.4, 0.5) is 11.5 Å². The minimum Gasteiger partial charge on any atom is -0.493 e. The Balaban J connectivity index is 1.91. The van der Waals surface area contributed by atoms with Crippen molar-refractivity contribution in [3.8, 4) is 11.5 Å². The highest BCUT2D eigenvalue weighted by molar-refractivity contribution is 6.31. The first-order chi connectivity index (χ1) is 17.2. The van der Waals surface area contributed by atoms with Gasteiger partial charge in [-0.3, -0.25) is 4.79 Å². The van der Waals surface area contributed by atoms with E-state index in [1.807, 2.05) is 0 Å². The molecular weight excluding hydrogens is 486 g/mol. The van der Waals surface area contributed by atoms with E-state index in [2.05, 4.69) is 20.6 Å². The molecule has 1 heterocycles. The molecule has 11 heteroatoms. The van der Waals surface area contributed by atoms with Gasteiger partial charge in [0, 0.05) is 28.7 Å². The molecule has 10 nitrogen and oxygen atoms in total. The van der Waals surface area contributed by atoms with Crippen LogP contribution < -0.4 is 25.8 Å². The second kappa shape index (κ2) is 11.9. The molecule has 0 aliphatic rings. The van der Waals surface area contributed by atoms with Crippen LogP contribution in [-0.4, -0.2) is 54.3 Å². The topological polar surface area (TPSA) is 138 Å². The van der Waals surface area contributed by atoms with Crippen molar-refractivity contribution in [2.75, 3.05) is 32.2 Å². The fourth-order valence-corrected chi connectivity index (χ4v) is 3.65. The highest BCUT2D eigenvalue weighted by atomic mass is 35.5. The number of nitrogens with two attached hydrogens (primary N) is 1. The molecule has 0 aliphatic heterocycles. The van der Waals surface area contributed by atoms with Crippen molar-refractivity contribution >= 4 is 45.9 Å². The molecule has 0 aliphatic carbocycles. The standard InChI is InChI=1S/C25H30ClN5O5/c1-5-35-24(33)25(2,3)31-22(32)10-15-6-7-16(26)11-18(15)30-23-17-12-21(36-9-8-27)20(34-4)13-19(17)28-14-29-23/h6-7,11-14H,5,8-10,27H2,1-4H3,(H,31,32)(H,28,29,30). The lowest BCUT2D eigenvalue weighted by molar-refractivity contribution is -0.151.